The molecule has 0 saturated carbocycles. The maximum Gasteiger partial charge on any atom is 0.305 e. The normalized spacial score (nSPS) is 11.9. The smallest absolute Gasteiger partial charge is 0.305 e. The number of nitrogens with one attached hydrogen (secondary N) is 1. The molecule has 0 spiro atoms. The molecule has 2 rings (SSSR count). The fourth-order valence-corrected chi connectivity index (χ4v) is 2.81. The number of hydrogen-bond donors (Lipinski definition) is 2. The van der Waals surface area contributed by atoms with E-state index >= 15 is 0 Å². The molecule has 0 aliphatic heterocycles. The van der Waals surface area contributed by atoms with Crippen LogP contribution in [0.3, 0.4) is 0 Å². The molecule has 9 nitrogen and oxygen atoms in total. The molecule has 0 aliphatic rings. The van der Waals surface area contributed by atoms with Gasteiger partial charge >= 0.3 is 5.97 Å². The van der Waals surface area contributed by atoms with E-state index in [1.807, 2.05) is 0 Å². The second-order valence-electron chi connectivity index (χ2n) is 4.45. The number of aryl methyl sites for hydroxylation is 1. The van der Waals surface area contributed by atoms with Gasteiger partial charge in [0.2, 0.25) is 10.0 Å². The highest BCUT2D eigenvalue weighted by Gasteiger charge is 2.23. The van der Waals surface area contributed by atoms with Gasteiger partial charge in [0.25, 0.3) is 0 Å². The molecule has 0 atom stereocenters. The molecule has 0 unspecified atom stereocenters. The van der Waals surface area contributed by atoms with E-state index in [9.17, 15) is 13.2 Å². The number of carboxylic acids is 1. The Morgan fingerprint density at radius 2 is 2.24 bits per heavy atom. The van der Waals surface area contributed by atoms with Crippen molar-refractivity contribution in [2.24, 2.45) is 0 Å². The van der Waals surface area contributed by atoms with Gasteiger partial charge in [-0.3, -0.25) is 14.6 Å². The molecule has 0 fully saturated rings. The molecule has 2 heterocycles. The van der Waals surface area contributed by atoms with Crippen LogP contribution in [-0.4, -0.2) is 50.8 Å². The molecule has 0 saturated heterocycles. The molecule has 0 aromatic carbocycles. The Morgan fingerprint density at radius 3 is 2.86 bits per heavy atom. The van der Waals surface area contributed by atoms with Crippen molar-refractivity contribution in [3.8, 4) is 0 Å². The molecule has 0 radical (unpaired) electrons. The average molecular weight is 313 g/mol. The van der Waals surface area contributed by atoms with Gasteiger partial charge in [-0.05, 0) is 0 Å². The monoisotopic (exact) mass is 313 g/mol. The Labute approximate surface area is 121 Å². The van der Waals surface area contributed by atoms with Gasteiger partial charge in [0, 0.05) is 31.5 Å². The average Bonchev–Trinajstić information content (AvgIpc) is 3.07. The van der Waals surface area contributed by atoms with Crippen molar-refractivity contribution in [1.82, 2.24) is 24.3 Å². The zero-order chi connectivity index (χ0) is 15.5. The molecule has 2 aromatic heterocycles. The number of rotatable bonds is 7. The fraction of sp³-hybridized carbons (Fsp3) is 0.364. The Morgan fingerprint density at radius 1 is 1.48 bits per heavy atom. The van der Waals surface area contributed by atoms with Crippen LogP contribution in [0.4, 0.5) is 0 Å². The first-order valence-electron chi connectivity index (χ1n) is 6.08. The second kappa shape index (κ2) is 6.06. The standard InChI is InChI=1S/C11H15N5O4S/c1-15(7-9-4-12-13-5-9)21(19,20)10-6-14-16(8-10)3-2-11(17)18/h4-6,8H,2-3,7H2,1H3,(H,12,13)(H,17,18). The summed E-state index contributed by atoms with van der Waals surface area (Å²) < 4.78 is 27.1. The van der Waals surface area contributed by atoms with Crippen LogP contribution in [0.2, 0.25) is 0 Å². The third-order valence-corrected chi connectivity index (χ3v) is 4.59. The molecule has 0 amide bonds. The van der Waals surface area contributed by atoms with Gasteiger partial charge in [-0.1, -0.05) is 0 Å². The lowest BCUT2D eigenvalue weighted by Crippen LogP contribution is -2.26. The van der Waals surface area contributed by atoms with Crippen molar-refractivity contribution in [2.75, 3.05) is 7.05 Å². The third kappa shape index (κ3) is 3.67. The predicted molar refractivity (Wildman–Crippen MR) is 71.7 cm³/mol. The lowest BCUT2D eigenvalue weighted by molar-refractivity contribution is -0.137. The Bertz CT molecular complexity index is 707. The van der Waals surface area contributed by atoms with Crippen molar-refractivity contribution in [3.63, 3.8) is 0 Å². The number of aromatic amines is 1. The zero-order valence-corrected chi connectivity index (χ0v) is 12.1. The maximum absolute atomic E-state index is 12.3. The van der Waals surface area contributed by atoms with Crippen molar-refractivity contribution in [2.45, 2.75) is 24.4 Å². The molecular weight excluding hydrogens is 298 g/mol. The molecule has 0 bridgehead atoms. The first kappa shape index (κ1) is 15.2. The first-order valence-corrected chi connectivity index (χ1v) is 7.52. The summed E-state index contributed by atoms with van der Waals surface area (Å²) in [7, 11) is -2.22. The molecule has 0 aliphatic carbocycles. The maximum atomic E-state index is 12.3. The van der Waals surface area contributed by atoms with Crippen LogP contribution in [0.5, 0.6) is 0 Å². The van der Waals surface area contributed by atoms with E-state index in [0.29, 0.717) is 0 Å². The summed E-state index contributed by atoms with van der Waals surface area (Å²) in [5, 5.41) is 18.8. The summed E-state index contributed by atoms with van der Waals surface area (Å²) in [5.41, 5.74) is 0.736. The van der Waals surface area contributed by atoms with Crippen LogP contribution in [-0.2, 0) is 27.9 Å². The van der Waals surface area contributed by atoms with Gasteiger partial charge in [-0.2, -0.15) is 14.5 Å². The van der Waals surface area contributed by atoms with E-state index in [0.717, 1.165) is 5.56 Å². The van der Waals surface area contributed by atoms with Crippen LogP contribution in [0, 0.1) is 0 Å². The summed E-state index contributed by atoms with van der Waals surface area (Å²) in [6.45, 7) is 0.301. The van der Waals surface area contributed by atoms with E-state index in [1.54, 1.807) is 12.4 Å². The van der Waals surface area contributed by atoms with E-state index in [-0.39, 0.29) is 24.4 Å². The quantitative estimate of drug-likeness (QED) is 0.736. The predicted octanol–water partition coefficient (Wildman–Crippen LogP) is -0.0984. The lowest BCUT2D eigenvalue weighted by atomic mass is 10.4. The number of aliphatic carboxylic acids is 1. The number of carbonyl (C=O) groups is 1. The van der Waals surface area contributed by atoms with Crippen LogP contribution in [0.1, 0.15) is 12.0 Å². The number of hydrogen-bond acceptors (Lipinski definition) is 5. The van der Waals surface area contributed by atoms with Crippen molar-refractivity contribution in [3.05, 3.63) is 30.4 Å². The molecule has 10 heteroatoms. The van der Waals surface area contributed by atoms with Crippen molar-refractivity contribution in [1.29, 1.82) is 0 Å². The lowest BCUT2D eigenvalue weighted by Gasteiger charge is -2.14. The fourth-order valence-electron chi connectivity index (χ4n) is 1.70. The summed E-state index contributed by atoms with van der Waals surface area (Å²) >= 11 is 0. The Kier molecular flexibility index (Phi) is 4.38. The van der Waals surface area contributed by atoms with Gasteiger partial charge in [0.1, 0.15) is 4.90 Å². The number of aromatic nitrogens is 4. The molecule has 114 valence electrons. The minimum Gasteiger partial charge on any atom is -0.481 e. The number of nitrogens with zero attached hydrogens (tertiary/aromatic N) is 4. The minimum atomic E-state index is -3.67. The van der Waals surface area contributed by atoms with Crippen LogP contribution in [0.25, 0.3) is 0 Å². The summed E-state index contributed by atoms with van der Waals surface area (Å²) in [6.07, 6.45) is 5.57. The van der Waals surface area contributed by atoms with E-state index < -0.39 is 16.0 Å². The first-order chi connectivity index (χ1) is 9.89. The SMILES string of the molecule is CN(Cc1cn[nH]c1)S(=O)(=O)c1cnn(CCC(=O)O)c1. The van der Waals surface area contributed by atoms with Crippen LogP contribution >= 0.6 is 0 Å². The zero-order valence-electron chi connectivity index (χ0n) is 11.3. The van der Waals surface area contributed by atoms with Gasteiger partial charge < -0.3 is 5.11 Å². The summed E-state index contributed by atoms with van der Waals surface area (Å²) in [5.74, 6) is -0.966. The topological polar surface area (TPSA) is 121 Å². The molecule has 2 N–H and O–H groups in total. The van der Waals surface area contributed by atoms with Gasteiger partial charge in [0.15, 0.2) is 0 Å². The van der Waals surface area contributed by atoms with E-state index in [1.165, 1.54) is 28.4 Å². The van der Waals surface area contributed by atoms with Gasteiger partial charge in [-0.25, -0.2) is 8.42 Å². The highest BCUT2D eigenvalue weighted by molar-refractivity contribution is 7.89. The Balaban J connectivity index is 2.10. The summed E-state index contributed by atoms with van der Waals surface area (Å²) in [4.78, 5) is 10.5. The minimum absolute atomic E-state index is 0.0267. The third-order valence-electron chi connectivity index (χ3n) is 2.83. The van der Waals surface area contributed by atoms with E-state index in [4.69, 9.17) is 5.11 Å². The van der Waals surface area contributed by atoms with Crippen molar-refractivity contribution >= 4 is 16.0 Å². The molecule has 21 heavy (non-hydrogen) atoms. The van der Waals surface area contributed by atoms with E-state index in [2.05, 4.69) is 15.3 Å². The van der Waals surface area contributed by atoms with Crippen LogP contribution < -0.4 is 0 Å². The largest absolute Gasteiger partial charge is 0.481 e. The highest BCUT2D eigenvalue weighted by atomic mass is 32.2. The summed E-state index contributed by atoms with van der Waals surface area (Å²) in [6, 6.07) is 0. The van der Waals surface area contributed by atoms with Gasteiger partial charge in [0.05, 0.1) is 25.4 Å². The van der Waals surface area contributed by atoms with Crippen LogP contribution in [0.15, 0.2) is 29.7 Å². The Hall–Kier alpha value is -2.20. The second-order valence-corrected chi connectivity index (χ2v) is 6.50. The van der Waals surface area contributed by atoms with Gasteiger partial charge in [-0.15, -0.1) is 0 Å². The number of sulfonamides is 1. The van der Waals surface area contributed by atoms with Crippen molar-refractivity contribution < 1.29 is 18.3 Å². The number of carboxylic acid groups (broad SMARTS) is 1. The highest BCUT2D eigenvalue weighted by Crippen LogP contribution is 2.15. The molecule has 2 aromatic rings. The molecular formula is C11H15N5O4S. The number of H-pyrrole nitrogens is 1.